The highest BCUT2D eigenvalue weighted by Crippen LogP contribution is 2.33. The van der Waals surface area contributed by atoms with E-state index in [1.54, 1.807) is 46.0 Å². The van der Waals surface area contributed by atoms with E-state index in [1.165, 1.54) is 16.9 Å². The maximum absolute atomic E-state index is 12.9. The molecule has 1 heterocycles. The topological polar surface area (TPSA) is 128 Å². The van der Waals surface area contributed by atoms with Gasteiger partial charge in [-0.3, -0.25) is 14.4 Å². The number of esters is 1. The van der Waals surface area contributed by atoms with E-state index < -0.39 is 29.6 Å². The monoisotopic (exact) mass is 463 g/mol. The molecule has 0 aliphatic carbocycles. The number of fused-ring (bicyclic) bond motifs is 1. The van der Waals surface area contributed by atoms with E-state index in [2.05, 4.69) is 4.74 Å². The molecular formula is C23H33N3O7. The van der Waals surface area contributed by atoms with Crippen LogP contribution >= 0.6 is 0 Å². The van der Waals surface area contributed by atoms with Crippen molar-refractivity contribution >= 4 is 23.9 Å². The van der Waals surface area contributed by atoms with Gasteiger partial charge >= 0.3 is 12.1 Å². The molecule has 1 aromatic rings. The number of hydrogen-bond acceptors (Lipinski definition) is 7. The Hall–Kier alpha value is -3.30. The number of hydrogen-bond donors (Lipinski definition) is 1. The molecule has 3 amide bonds. The van der Waals surface area contributed by atoms with Gasteiger partial charge in [0, 0.05) is 31.1 Å². The van der Waals surface area contributed by atoms with Crippen molar-refractivity contribution in [1.29, 1.82) is 0 Å². The Bertz CT molecular complexity index is 895. The molecule has 1 aliphatic rings. The van der Waals surface area contributed by atoms with Crippen LogP contribution in [0.5, 0.6) is 5.75 Å². The minimum absolute atomic E-state index is 0.0290. The van der Waals surface area contributed by atoms with Gasteiger partial charge in [-0.1, -0.05) is 6.07 Å². The summed E-state index contributed by atoms with van der Waals surface area (Å²) in [5.41, 5.74) is 6.04. The lowest BCUT2D eigenvalue weighted by Gasteiger charge is -2.25. The lowest BCUT2D eigenvalue weighted by atomic mass is 10.1. The molecule has 2 N–H and O–H groups in total. The maximum atomic E-state index is 12.9. The van der Waals surface area contributed by atoms with Crippen LogP contribution in [0.25, 0.3) is 0 Å². The van der Waals surface area contributed by atoms with E-state index in [1.807, 2.05) is 0 Å². The zero-order chi connectivity index (χ0) is 24.8. The van der Waals surface area contributed by atoms with Gasteiger partial charge in [0.2, 0.25) is 5.91 Å². The predicted octanol–water partition coefficient (Wildman–Crippen LogP) is 2.09. The van der Waals surface area contributed by atoms with E-state index in [0.29, 0.717) is 36.4 Å². The van der Waals surface area contributed by atoms with Gasteiger partial charge in [-0.15, -0.1) is 0 Å². The van der Waals surface area contributed by atoms with Crippen LogP contribution < -0.4 is 10.5 Å². The van der Waals surface area contributed by atoms with Crippen LogP contribution in [0.1, 0.15) is 56.0 Å². The molecule has 10 nitrogen and oxygen atoms in total. The second kappa shape index (κ2) is 11.0. The minimum Gasteiger partial charge on any atom is -0.493 e. The Morgan fingerprint density at radius 3 is 2.55 bits per heavy atom. The van der Waals surface area contributed by atoms with Crippen LogP contribution in [-0.2, 0) is 25.6 Å². The molecule has 2 rings (SSSR count). The van der Waals surface area contributed by atoms with Gasteiger partial charge < -0.3 is 29.7 Å². The lowest BCUT2D eigenvalue weighted by Crippen LogP contribution is -2.45. The molecule has 0 bridgehead atoms. The summed E-state index contributed by atoms with van der Waals surface area (Å²) in [6.07, 6.45) is 0.196. The molecule has 0 aromatic heterocycles. The Kier molecular flexibility index (Phi) is 8.67. The molecule has 10 heteroatoms. The van der Waals surface area contributed by atoms with Gasteiger partial charge in [0.15, 0.2) is 0 Å². The first-order chi connectivity index (χ1) is 15.4. The highest BCUT2D eigenvalue weighted by atomic mass is 16.6. The molecule has 0 radical (unpaired) electrons. The zero-order valence-electron chi connectivity index (χ0n) is 19.9. The number of nitrogens with two attached hydrogens (primary N) is 1. The van der Waals surface area contributed by atoms with Gasteiger partial charge in [0.1, 0.15) is 17.4 Å². The fourth-order valence-electron chi connectivity index (χ4n) is 3.44. The fourth-order valence-corrected chi connectivity index (χ4v) is 3.44. The van der Waals surface area contributed by atoms with Crippen molar-refractivity contribution in [3.63, 3.8) is 0 Å². The highest BCUT2D eigenvalue weighted by Gasteiger charge is 2.37. The number of rotatable bonds is 10. The Balaban J connectivity index is 1.98. The number of primary amides is 1. The fraction of sp³-hybridized carbons (Fsp3) is 0.565. The van der Waals surface area contributed by atoms with Crippen molar-refractivity contribution in [2.45, 2.75) is 58.2 Å². The number of carbonyl (C=O) groups excluding carboxylic acids is 4. The summed E-state index contributed by atoms with van der Waals surface area (Å²) in [4.78, 5) is 51.3. The number of carbonyl (C=O) groups is 4. The number of ether oxygens (including phenoxy) is 3. The first kappa shape index (κ1) is 26.0. The summed E-state index contributed by atoms with van der Waals surface area (Å²) in [6.45, 7) is 6.32. The van der Waals surface area contributed by atoms with Crippen molar-refractivity contribution in [3.8, 4) is 5.75 Å². The average molecular weight is 464 g/mol. The molecule has 0 saturated carbocycles. The van der Waals surface area contributed by atoms with Crippen LogP contribution in [0, 0.1) is 0 Å². The summed E-state index contributed by atoms with van der Waals surface area (Å²) in [5, 5.41) is 0. The summed E-state index contributed by atoms with van der Waals surface area (Å²) in [7, 11) is 2.91. The van der Waals surface area contributed by atoms with Crippen molar-refractivity contribution in [3.05, 3.63) is 29.3 Å². The largest absolute Gasteiger partial charge is 0.493 e. The molecule has 1 aromatic carbocycles. The molecule has 0 fully saturated rings. The van der Waals surface area contributed by atoms with Crippen molar-refractivity contribution < 1.29 is 33.4 Å². The van der Waals surface area contributed by atoms with Crippen LogP contribution in [0.4, 0.5) is 4.79 Å². The minimum atomic E-state index is -0.931. The van der Waals surface area contributed by atoms with Crippen LogP contribution in [0.2, 0.25) is 0 Å². The van der Waals surface area contributed by atoms with E-state index in [9.17, 15) is 19.2 Å². The molecule has 0 saturated heterocycles. The number of benzene rings is 1. The molecule has 1 aliphatic heterocycles. The maximum Gasteiger partial charge on any atom is 0.410 e. The molecular weight excluding hydrogens is 430 g/mol. The summed E-state index contributed by atoms with van der Waals surface area (Å²) < 4.78 is 15.8. The first-order valence-electron chi connectivity index (χ1n) is 10.8. The summed E-state index contributed by atoms with van der Waals surface area (Å²) >= 11 is 0. The standard InChI is InChI=1S/C23H33N3O7/c1-23(2,3)33-22(30)25(4)12-7-13-32-18-9-6-8-15-16(18)14-26(21(15)29)17(20(24)28)10-11-19(27)31-5/h6,8-9,17H,7,10-14H2,1-5H3,(H2,24,28)/t17-/m0/s1. The van der Waals surface area contributed by atoms with E-state index >= 15 is 0 Å². The summed E-state index contributed by atoms with van der Waals surface area (Å²) in [5.74, 6) is -0.980. The quantitative estimate of drug-likeness (QED) is 0.415. The van der Waals surface area contributed by atoms with Crippen LogP contribution in [-0.4, -0.2) is 72.6 Å². The zero-order valence-corrected chi connectivity index (χ0v) is 19.9. The van der Waals surface area contributed by atoms with Gasteiger partial charge in [0.25, 0.3) is 5.91 Å². The normalized spacial score (nSPS) is 13.8. The third-order valence-corrected chi connectivity index (χ3v) is 5.11. The lowest BCUT2D eigenvalue weighted by molar-refractivity contribution is -0.141. The van der Waals surface area contributed by atoms with Crippen LogP contribution in [0.3, 0.4) is 0 Å². The molecule has 0 spiro atoms. The second-order valence-electron chi connectivity index (χ2n) is 8.85. The summed E-state index contributed by atoms with van der Waals surface area (Å²) in [6, 6.07) is 4.19. The molecule has 0 unspecified atom stereocenters. The van der Waals surface area contributed by atoms with Crippen LogP contribution in [0.15, 0.2) is 18.2 Å². The SMILES string of the molecule is COC(=O)CC[C@@H](C(N)=O)N1Cc2c(OCCCN(C)C(=O)OC(C)(C)C)cccc2C1=O. The Labute approximate surface area is 193 Å². The number of nitrogens with zero attached hydrogens (tertiary/aromatic N) is 2. The molecule has 33 heavy (non-hydrogen) atoms. The first-order valence-corrected chi connectivity index (χ1v) is 10.8. The Morgan fingerprint density at radius 2 is 1.94 bits per heavy atom. The predicted molar refractivity (Wildman–Crippen MR) is 120 cm³/mol. The van der Waals surface area contributed by atoms with Gasteiger partial charge in [-0.05, 0) is 45.7 Å². The van der Waals surface area contributed by atoms with E-state index in [0.717, 1.165) is 0 Å². The average Bonchev–Trinajstić information content (AvgIpc) is 3.06. The van der Waals surface area contributed by atoms with Crippen molar-refractivity contribution in [2.24, 2.45) is 5.73 Å². The van der Waals surface area contributed by atoms with Gasteiger partial charge in [0.05, 0.1) is 20.3 Å². The van der Waals surface area contributed by atoms with Gasteiger partial charge in [-0.2, -0.15) is 0 Å². The Morgan fingerprint density at radius 1 is 1.24 bits per heavy atom. The number of amides is 3. The van der Waals surface area contributed by atoms with Crippen molar-refractivity contribution in [2.75, 3.05) is 27.3 Å². The highest BCUT2D eigenvalue weighted by molar-refractivity contribution is 6.01. The van der Waals surface area contributed by atoms with Gasteiger partial charge in [-0.25, -0.2) is 4.79 Å². The van der Waals surface area contributed by atoms with E-state index in [4.69, 9.17) is 15.2 Å². The number of methoxy groups -OCH3 is 1. The second-order valence-corrected chi connectivity index (χ2v) is 8.85. The van der Waals surface area contributed by atoms with E-state index in [-0.39, 0.29) is 25.3 Å². The van der Waals surface area contributed by atoms with Crippen molar-refractivity contribution in [1.82, 2.24) is 9.80 Å². The molecule has 182 valence electrons. The smallest absolute Gasteiger partial charge is 0.410 e. The third-order valence-electron chi connectivity index (χ3n) is 5.11. The molecule has 1 atom stereocenters. The third kappa shape index (κ3) is 7.10.